The van der Waals surface area contributed by atoms with E-state index in [4.69, 9.17) is 0 Å². The minimum Gasteiger partial charge on any atom is -0.301 e. The first-order valence-electron chi connectivity index (χ1n) is 8.06. The number of rotatable bonds is 4. The fourth-order valence-corrected chi connectivity index (χ4v) is 4.80. The number of anilines is 1. The normalized spacial score (nSPS) is 18.4. The number of nitrogens with zero attached hydrogens (tertiary/aromatic N) is 2. The first kappa shape index (κ1) is 18.0. The Bertz CT molecular complexity index is 906. The third-order valence-corrected chi connectivity index (χ3v) is 6.52. The Kier molecular flexibility index (Phi) is 4.95. The molecule has 1 aromatic carbocycles. The molecule has 25 heavy (non-hydrogen) atoms. The molecule has 134 valence electrons. The van der Waals surface area contributed by atoms with Gasteiger partial charge in [-0.25, -0.2) is 13.4 Å². The van der Waals surface area contributed by atoms with E-state index in [-0.39, 0.29) is 5.91 Å². The zero-order valence-electron chi connectivity index (χ0n) is 14.4. The molecule has 2 heterocycles. The molecule has 0 spiro atoms. The smallest absolute Gasteiger partial charge is 0.244 e. The van der Waals surface area contributed by atoms with E-state index in [0.717, 1.165) is 17.5 Å². The maximum atomic E-state index is 12.5. The van der Waals surface area contributed by atoms with E-state index in [0.29, 0.717) is 24.5 Å². The van der Waals surface area contributed by atoms with Crippen LogP contribution in [0, 0.1) is 13.8 Å². The van der Waals surface area contributed by atoms with Gasteiger partial charge in [0.2, 0.25) is 15.9 Å². The van der Waals surface area contributed by atoms with Crippen molar-refractivity contribution in [3.63, 3.8) is 0 Å². The molecule has 0 unspecified atom stereocenters. The van der Waals surface area contributed by atoms with Crippen LogP contribution < -0.4 is 5.32 Å². The number of nitrogens with one attached hydrogen (secondary N) is 1. The van der Waals surface area contributed by atoms with E-state index >= 15 is 0 Å². The van der Waals surface area contributed by atoms with Crippen LogP contribution in [0.2, 0.25) is 0 Å². The van der Waals surface area contributed by atoms with Gasteiger partial charge in [0.15, 0.2) is 5.13 Å². The maximum absolute atomic E-state index is 12.5. The molecule has 0 radical (unpaired) electrons. The van der Waals surface area contributed by atoms with Gasteiger partial charge >= 0.3 is 0 Å². The highest BCUT2D eigenvalue weighted by Gasteiger charge is 2.36. The van der Waals surface area contributed by atoms with Crippen molar-refractivity contribution >= 4 is 32.4 Å². The Hall–Kier alpha value is -1.77. The molecule has 8 heteroatoms. The van der Waals surface area contributed by atoms with Crippen molar-refractivity contribution in [2.45, 2.75) is 32.7 Å². The lowest BCUT2D eigenvalue weighted by Gasteiger charge is -2.20. The molecule has 1 atom stereocenters. The van der Waals surface area contributed by atoms with Crippen LogP contribution in [-0.4, -0.2) is 42.5 Å². The van der Waals surface area contributed by atoms with Crippen LogP contribution in [0.25, 0.3) is 11.3 Å². The molecule has 0 bridgehead atoms. The third kappa shape index (κ3) is 3.91. The predicted molar refractivity (Wildman–Crippen MR) is 100 cm³/mol. The molecule has 1 fully saturated rings. The largest absolute Gasteiger partial charge is 0.301 e. The first-order valence-corrected chi connectivity index (χ1v) is 10.8. The van der Waals surface area contributed by atoms with Crippen LogP contribution in [-0.2, 0) is 14.8 Å². The van der Waals surface area contributed by atoms with Gasteiger partial charge < -0.3 is 5.32 Å². The number of hydrogen-bond acceptors (Lipinski definition) is 5. The number of amides is 1. The second kappa shape index (κ2) is 6.86. The lowest BCUT2D eigenvalue weighted by molar-refractivity contribution is -0.119. The highest BCUT2D eigenvalue weighted by Crippen LogP contribution is 2.28. The minimum absolute atomic E-state index is 0.316. The Morgan fingerprint density at radius 3 is 2.76 bits per heavy atom. The molecule has 1 N–H and O–H groups in total. The molecular weight excluding hydrogens is 358 g/mol. The zero-order chi connectivity index (χ0) is 18.2. The number of carbonyl (C=O) groups is 1. The summed E-state index contributed by atoms with van der Waals surface area (Å²) in [6.45, 7) is 4.50. The summed E-state index contributed by atoms with van der Waals surface area (Å²) in [7, 11) is -3.38. The highest BCUT2D eigenvalue weighted by molar-refractivity contribution is 7.88. The molecule has 0 aliphatic carbocycles. The van der Waals surface area contributed by atoms with E-state index < -0.39 is 16.1 Å². The van der Waals surface area contributed by atoms with Crippen molar-refractivity contribution in [3.05, 3.63) is 34.7 Å². The van der Waals surface area contributed by atoms with Crippen LogP contribution in [0.15, 0.2) is 23.6 Å². The summed E-state index contributed by atoms with van der Waals surface area (Å²) in [4.78, 5) is 16.9. The van der Waals surface area contributed by atoms with Crippen LogP contribution in [0.1, 0.15) is 24.0 Å². The summed E-state index contributed by atoms with van der Waals surface area (Å²) in [6.07, 6.45) is 2.37. The summed E-state index contributed by atoms with van der Waals surface area (Å²) in [5.41, 5.74) is 4.20. The van der Waals surface area contributed by atoms with Crippen molar-refractivity contribution in [2.24, 2.45) is 0 Å². The van der Waals surface area contributed by atoms with Gasteiger partial charge in [-0.2, -0.15) is 4.31 Å². The Balaban J connectivity index is 1.75. The van der Waals surface area contributed by atoms with Gasteiger partial charge in [-0.1, -0.05) is 12.1 Å². The minimum atomic E-state index is -3.38. The fraction of sp³-hybridized carbons (Fsp3) is 0.412. The van der Waals surface area contributed by atoms with Gasteiger partial charge in [-0.05, 0) is 43.9 Å². The quantitative estimate of drug-likeness (QED) is 0.886. The van der Waals surface area contributed by atoms with E-state index in [1.165, 1.54) is 26.8 Å². The first-order chi connectivity index (χ1) is 11.8. The second-order valence-electron chi connectivity index (χ2n) is 6.36. The van der Waals surface area contributed by atoms with Crippen molar-refractivity contribution in [1.82, 2.24) is 9.29 Å². The van der Waals surface area contributed by atoms with Crippen molar-refractivity contribution in [1.29, 1.82) is 0 Å². The van der Waals surface area contributed by atoms with Crippen LogP contribution in [0.4, 0.5) is 5.13 Å². The van der Waals surface area contributed by atoms with Crippen molar-refractivity contribution < 1.29 is 13.2 Å². The molecule has 2 aromatic rings. The van der Waals surface area contributed by atoms with Crippen LogP contribution in [0.5, 0.6) is 0 Å². The fourth-order valence-electron chi connectivity index (χ4n) is 2.95. The average Bonchev–Trinajstić information content (AvgIpc) is 3.18. The van der Waals surface area contributed by atoms with E-state index in [9.17, 15) is 13.2 Å². The Labute approximate surface area is 151 Å². The average molecular weight is 380 g/mol. The summed E-state index contributed by atoms with van der Waals surface area (Å²) < 4.78 is 24.8. The Morgan fingerprint density at radius 2 is 2.08 bits per heavy atom. The van der Waals surface area contributed by atoms with E-state index in [2.05, 4.69) is 23.3 Å². The van der Waals surface area contributed by atoms with Gasteiger partial charge in [0.05, 0.1) is 11.9 Å². The van der Waals surface area contributed by atoms with Gasteiger partial charge in [0.1, 0.15) is 6.04 Å². The summed E-state index contributed by atoms with van der Waals surface area (Å²) in [5, 5.41) is 5.14. The standard InChI is InChI=1S/C17H21N3O3S2/c1-11-6-7-13(9-12(11)2)14-10-24-17(18-14)19-16(21)15-5-4-8-20(15)25(3,22)23/h6-7,9-10,15H,4-5,8H2,1-3H3,(H,18,19,21)/t15-/m0/s1. The van der Waals surface area contributed by atoms with Crippen LogP contribution >= 0.6 is 11.3 Å². The molecule has 1 aromatic heterocycles. The third-order valence-electron chi connectivity index (χ3n) is 4.47. The Morgan fingerprint density at radius 1 is 1.32 bits per heavy atom. The lowest BCUT2D eigenvalue weighted by Crippen LogP contribution is -2.42. The summed E-state index contributed by atoms with van der Waals surface area (Å²) in [6, 6.07) is 5.47. The second-order valence-corrected chi connectivity index (χ2v) is 9.15. The van der Waals surface area contributed by atoms with Gasteiger partial charge in [0.25, 0.3) is 0 Å². The lowest BCUT2D eigenvalue weighted by atomic mass is 10.1. The number of benzene rings is 1. The number of hydrogen-bond donors (Lipinski definition) is 1. The number of carbonyl (C=O) groups excluding carboxylic acids is 1. The van der Waals surface area contributed by atoms with Gasteiger partial charge in [-0.3, -0.25) is 4.79 Å². The molecule has 1 aliphatic heterocycles. The zero-order valence-corrected chi connectivity index (χ0v) is 16.1. The maximum Gasteiger partial charge on any atom is 0.244 e. The molecule has 1 amide bonds. The number of sulfonamides is 1. The van der Waals surface area contributed by atoms with Gasteiger partial charge in [0, 0.05) is 17.5 Å². The monoisotopic (exact) mass is 379 g/mol. The summed E-state index contributed by atoms with van der Waals surface area (Å²) >= 11 is 1.34. The topological polar surface area (TPSA) is 79.4 Å². The summed E-state index contributed by atoms with van der Waals surface area (Å²) in [5.74, 6) is -0.316. The molecule has 3 rings (SSSR count). The molecule has 6 nitrogen and oxygen atoms in total. The number of aromatic nitrogens is 1. The SMILES string of the molecule is Cc1ccc(-c2csc(NC(=O)[C@@H]3CCCN3S(C)(=O)=O)n2)cc1C. The van der Waals surface area contributed by atoms with Gasteiger partial charge in [-0.15, -0.1) is 11.3 Å². The molecule has 1 aliphatic rings. The number of aryl methyl sites for hydroxylation is 2. The number of thiazole rings is 1. The predicted octanol–water partition coefficient (Wildman–Crippen LogP) is 2.79. The molecule has 1 saturated heterocycles. The molecular formula is C17H21N3O3S2. The van der Waals surface area contributed by atoms with E-state index in [1.54, 1.807) is 0 Å². The molecule has 0 saturated carbocycles. The van der Waals surface area contributed by atoms with Crippen molar-refractivity contribution in [2.75, 3.05) is 18.1 Å². The highest BCUT2D eigenvalue weighted by atomic mass is 32.2. The van der Waals surface area contributed by atoms with E-state index in [1.807, 2.05) is 24.4 Å². The van der Waals surface area contributed by atoms with Crippen LogP contribution in [0.3, 0.4) is 0 Å². The van der Waals surface area contributed by atoms with Crippen molar-refractivity contribution in [3.8, 4) is 11.3 Å².